The minimum atomic E-state index is 0.459. The topological polar surface area (TPSA) is 30.5 Å². The molecule has 0 aliphatic heterocycles. The SMILES string of the molecule is COc1ccc(Br)c(CNCC(C)C)c1OCc1ccc(Cl)cc1. The fourth-order valence-corrected chi connectivity index (χ4v) is 2.87. The zero-order valence-corrected chi connectivity index (χ0v) is 16.6. The molecule has 0 unspecified atom stereocenters. The number of methoxy groups -OCH3 is 1. The molecule has 0 amide bonds. The van der Waals surface area contributed by atoms with Crippen molar-refractivity contribution in [1.29, 1.82) is 0 Å². The van der Waals surface area contributed by atoms with Crippen LogP contribution in [-0.4, -0.2) is 13.7 Å². The highest BCUT2D eigenvalue weighted by Crippen LogP contribution is 2.36. The summed E-state index contributed by atoms with van der Waals surface area (Å²) in [5.74, 6) is 2.08. The molecule has 2 aromatic rings. The average Bonchev–Trinajstić information content (AvgIpc) is 2.56. The van der Waals surface area contributed by atoms with Gasteiger partial charge in [0.1, 0.15) is 6.61 Å². The molecule has 0 saturated carbocycles. The van der Waals surface area contributed by atoms with Crippen molar-refractivity contribution in [2.45, 2.75) is 27.0 Å². The maximum Gasteiger partial charge on any atom is 0.167 e. The Kier molecular flexibility index (Phi) is 7.40. The lowest BCUT2D eigenvalue weighted by molar-refractivity contribution is 0.280. The number of halogens is 2. The fourth-order valence-electron chi connectivity index (χ4n) is 2.29. The van der Waals surface area contributed by atoms with Crippen LogP contribution in [0, 0.1) is 5.92 Å². The van der Waals surface area contributed by atoms with Gasteiger partial charge in [0.2, 0.25) is 0 Å². The smallest absolute Gasteiger partial charge is 0.167 e. The van der Waals surface area contributed by atoms with Gasteiger partial charge < -0.3 is 14.8 Å². The van der Waals surface area contributed by atoms with Crippen LogP contribution in [-0.2, 0) is 13.2 Å². The van der Waals surface area contributed by atoms with Crippen molar-refractivity contribution in [3.63, 3.8) is 0 Å². The van der Waals surface area contributed by atoms with Crippen LogP contribution in [0.1, 0.15) is 25.0 Å². The summed E-state index contributed by atoms with van der Waals surface area (Å²) in [5.41, 5.74) is 2.12. The van der Waals surface area contributed by atoms with Crippen molar-refractivity contribution in [1.82, 2.24) is 5.32 Å². The Hall–Kier alpha value is -1.23. The molecule has 0 aliphatic rings. The monoisotopic (exact) mass is 411 g/mol. The summed E-state index contributed by atoms with van der Waals surface area (Å²) in [6, 6.07) is 11.5. The molecular weight excluding hydrogens is 390 g/mol. The molecule has 3 nitrogen and oxygen atoms in total. The van der Waals surface area contributed by atoms with Crippen molar-refractivity contribution in [3.05, 3.63) is 57.0 Å². The third-order valence-corrected chi connectivity index (χ3v) is 4.53. The Labute approximate surface area is 157 Å². The zero-order chi connectivity index (χ0) is 17.5. The Morgan fingerprint density at radius 1 is 1.12 bits per heavy atom. The van der Waals surface area contributed by atoms with Gasteiger partial charge in [0.05, 0.1) is 7.11 Å². The molecule has 0 bridgehead atoms. The van der Waals surface area contributed by atoms with Gasteiger partial charge >= 0.3 is 0 Å². The fraction of sp³-hybridized carbons (Fsp3) is 0.368. The van der Waals surface area contributed by atoms with Crippen LogP contribution in [0.25, 0.3) is 0 Å². The lowest BCUT2D eigenvalue weighted by Crippen LogP contribution is -2.20. The molecule has 1 N–H and O–H groups in total. The summed E-state index contributed by atoms with van der Waals surface area (Å²) in [6.45, 7) is 6.49. The maximum atomic E-state index is 6.09. The molecule has 0 heterocycles. The van der Waals surface area contributed by atoms with Crippen LogP contribution in [0.4, 0.5) is 0 Å². The van der Waals surface area contributed by atoms with Crippen molar-refractivity contribution in [2.24, 2.45) is 5.92 Å². The van der Waals surface area contributed by atoms with Gasteiger partial charge in [-0.3, -0.25) is 0 Å². The van der Waals surface area contributed by atoms with E-state index < -0.39 is 0 Å². The molecule has 2 rings (SSSR count). The normalized spacial score (nSPS) is 10.9. The molecule has 5 heteroatoms. The van der Waals surface area contributed by atoms with Gasteiger partial charge in [-0.25, -0.2) is 0 Å². The number of hydrogen-bond donors (Lipinski definition) is 1. The molecule has 2 aromatic carbocycles. The second kappa shape index (κ2) is 9.30. The standard InChI is InChI=1S/C19H23BrClNO2/c1-13(2)10-22-11-16-17(20)8-9-18(23-3)19(16)24-12-14-4-6-15(21)7-5-14/h4-9,13,22H,10-12H2,1-3H3. The van der Waals surface area contributed by atoms with E-state index in [1.807, 2.05) is 36.4 Å². The first kappa shape index (κ1) is 19.1. The lowest BCUT2D eigenvalue weighted by atomic mass is 10.1. The van der Waals surface area contributed by atoms with Gasteiger partial charge in [0, 0.05) is 21.6 Å². The van der Waals surface area contributed by atoms with Crippen LogP contribution in [0.5, 0.6) is 11.5 Å². The van der Waals surface area contributed by atoms with Crippen molar-refractivity contribution >= 4 is 27.5 Å². The van der Waals surface area contributed by atoms with E-state index in [2.05, 4.69) is 35.1 Å². The van der Waals surface area contributed by atoms with E-state index in [1.54, 1.807) is 7.11 Å². The van der Waals surface area contributed by atoms with Gasteiger partial charge in [0.15, 0.2) is 11.5 Å². The Morgan fingerprint density at radius 2 is 1.83 bits per heavy atom. The minimum Gasteiger partial charge on any atom is -0.493 e. The third-order valence-electron chi connectivity index (χ3n) is 3.54. The summed E-state index contributed by atoms with van der Waals surface area (Å²) in [7, 11) is 1.66. The second-order valence-electron chi connectivity index (χ2n) is 6.00. The van der Waals surface area contributed by atoms with Crippen LogP contribution >= 0.6 is 27.5 Å². The predicted octanol–water partition coefficient (Wildman–Crippen LogP) is 5.44. The zero-order valence-electron chi connectivity index (χ0n) is 14.2. The summed E-state index contributed by atoms with van der Waals surface area (Å²) >= 11 is 9.55. The van der Waals surface area contributed by atoms with Crippen molar-refractivity contribution in [2.75, 3.05) is 13.7 Å². The first-order valence-corrected chi connectivity index (χ1v) is 9.11. The molecule has 0 atom stereocenters. The second-order valence-corrected chi connectivity index (χ2v) is 7.29. The molecule has 24 heavy (non-hydrogen) atoms. The highest BCUT2D eigenvalue weighted by atomic mass is 79.9. The largest absolute Gasteiger partial charge is 0.493 e. The van der Waals surface area contributed by atoms with E-state index in [0.29, 0.717) is 19.1 Å². The van der Waals surface area contributed by atoms with Gasteiger partial charge in [-0.05, 0) is 42.3 Å². The van der Waals surface area contributed by atoms with Crippen LogP contribution in [0.3, 0.4) is 0 Å². The average molecular weight is 413 g/mol. The van der Waals surface area contributed by atoms with Crippen LogP contribution in [0.2, 0.25) is 5.02 Å². The molecule has 0 aliphatic carbocycles. The van der Waals surface area contributed by atoms with E-state index in [0.717, 1.165) is 38.7 Å². The Bertz CT molecular complexity index is 659. The van der Waals surface area contributed by atoms with Gasteiger partial charge in [0.25, 0.3) is 0 Å². The summed E-state index contributed by atoms with van der Waals surface area (Å²) < 4.78 is 12.6. The molecular formula is C19H23BrClNO2. The van der Waals surface area contributed by atoms with Gasteiger partial charge in [-0.1, -0.05) is 53.5 Å². The van der Waals surface area contributed by atoms with E-state index in [4.69, 9.17) is 21.1 Å². The highest BCUT2D eigenvalue weighted by Gasteiger charge is 2.15. The summed E-state index contributed by atoms with van der Waals surface area (Å²) in [6.07, 6.45) is 0. The molecule has 0 saturated heterocycles. The Balaban J connectivity index is 2.18. The molecule has 0 spiro atoms. The van der Waals surface area contributed by atoms with Gasteiger partial charge in [-0.15, -0.1) is 0 Å². The van der Waals surface area contributed by atoms with Gasteiger partial charge in [-0.2, -0.15) is 0 Å². The summed E-state index contributed by atoms with van der Waals surface area (Å²) in [4.78, 5) is 0. The summed E-state index contributed by atoms with van der Waals surface area (Å²) in [5, 5.41) is 4.18. The first-order chi connectivity index (χ1) is 11.5. The highest BCUT2D eigenvalue weighted by molar-refractivity contribution is 9.10. The first-order valence-electron chi connectivity index (χ1n) is 7.94. The minimum absolute atomic E-state index is 0.459. The van der Waals surface area contributed by atoms with Crippen LogP contribution in [0.15, 0.2) is 40.9 Å². The predicted molar refractivity (Wildman–Crippen MR) is 103 cm³/mol. The third kappa shape index (κ3) is 5.40. The van der Waals surface area contributed by atoms with Crippen molar-refractivity contribution < 1.29 is 9.47 Å². The Morgan fingerprint density at radius 3 is 2.46 bits per heavy atom. The maximum absolute atomic E-state index is 6.09. The number of nitrogens with one attached hydrogen (secondary N) is 1. The van der Waals surface area contributed by atoms with E-state index >= 15 is 0 Å². The van der Waals surface area contributed by atoms with E-state index in [1.165, 1.54) is 0 Å². The number of rotatable bonds is 8. The molecule has 0 fully saturated rings. The quantitative estimate of drug-likeness (QED) is 0.626. The molecule has 130 valence electrons. The number of hydrogen-bond acceptors (Lipinski definition) is 3. The lowest BCUT2D eigenvalue weighted by Gasteiger charge is -2.18. The number of benzene rings is 2. The van der Waals surface area contributed by atoms with Crippen LogP contribution < -0.4 is 14.8 Å². The molecule has 0 aromatic heterocycles. The van der Waals surface area contributed by atoms with Crippen molar-refractivity contribution in [3.8, 4) is 11.5 Å². The molecule has 0 radical (unpaired) electrons. The van der Waals surface area contributed by atoms with E-state index in [-0.39, 0.29) is 0 Å². The van der Waals surface area contributed by atoms with E-state index in [9.17, 15) is 0 Å². The number of ether oxygens (including phenoxy) is 2.